The molecule has 0 aromatic carbocycles. The molecule has 0 spiro atoms. The van der Waals surface area contributed by atoms with Crippen molar-refractivity contribution in [3.05, 3.63) is 16.8 Å². The summed E-state index contributed by atoms with van der Waals surface area (Å²) in [5.41, 5.74) is 0.885. The molecule has 2 aromatic rings. The third kappa shape index (κ3) is 3.11. The van der Waals surface area contributed by atoms with Crippen molar-refractivity contribution in [3.8, 4) is 11.4 Å². The Morgan fingerprint density at radius 2 is 2.50 bits per heavy atom. The Hall–Kier alpha value is -1.80. The average molecular weight is 267 g/mol. The second-order valence-electron chi connectivity index (χ2n) is 3.81. The fourth-order valence-corrected chi connectivity index (χ4v) is 1.95. The zero-order chi connectivity index (χ0) is 13.0. The van der Waals surface area contributed by atoms with Gasteiger partial charge < -0.3 is 10.4 Å². The van der Waals surface area contributed by atoms with Crippen LogP contribution >= 0.6 is 11.3 Å². The lowest BCUT2D eigenvalue weighted by Crippen LogP contribution is -2.37. The van der Waals surface area contributed by atoms with E-state index in [2.05, 4.69) is 20.7 Å². The molecule has 0 aliphatic heterocycles. The molecule has 0 aliphatic carbocycles. The summed E-state index contributed by atoms with van der Waals surface area (Å²) in [5, 5.41) is 27.0. The Kier molecular flexibility index (Phi) is 4.00. The number of tetrazole rings is 1. The standard InChI is InChI=1S/C10H13N5O2S/c1-7(5-16)11-9(17)4-15-13-10(12-14-15)8-2-3-18-6-8/h2-3,6-7,16H,4-5H2,1H3,(H,11,17)/t7-/m0/s1. The second kappa shape index (κ2) is 5.69. The summed E-state index contributed by atoms with van der Waals surface area (Å²) in [5.74, 6) is 0.241. The van der Waals surface area contributed by atoms with Crippen molar-refractivity contribution in [1.29, 1.82) is 0 Å². The lowest BCUT2D eigenvalue weighted by molar-refractivity contribution is -0.122. The first-order valence-electron chi connectivity index (χ1n) is 5.39. The number of aromatic nitrogens is 4. The molecule has 0 radical (unpaired) electrons. The smallest absolute Gasteiger partial charge is 0.243 e. The quantitative estimate of drug-likeness (QED) is 0.789. The summed E-state index contributed by atoms with van der Waals surface area (Å²) in [6.07, 6.45) is 0. The van der Waals surface area contributed by atoms with Gasteiger partial charge in [0, 0.05) is 17.0 Å². The second-order valence-corrected chi connectivity index (χ2v) is 4.59. The highest BCUT2D eigenvalue weighted by atomic mass is 32.1. The predicted octanol–water partition coefficient (Wildman–Crippen LogP) is -0.101. The molecular formula is C10H13N5O2S. The molecular weight excluding hydrogens is 254 g/mol. The Labute approximate surface area is 107 Å². The Bertz CT molecular complexity index is 510. The van der Waals surface area contributed by atoms with Gasteiger partial charge in [0.25, 0.3) is 0 Å². The van der Waals surface area contributed by atoms with E-state index >= 15 is 0 Å². The minimum Gasteiger partial charge on any atom is -0.394 e. The fourth-order valence-electron chi connectivity index (χ4n) is 1.31. The largest absolute Gasteiger partial charge is 0.394 e. The number of aliphatic hydroxyl groups excluding tert-OH is 1. The zero-order valence-electron chi connectivity index (χ0n) is 9.78. The summed E-state index contributed by atoms with van der Waals surface area (Å²) >= 11 is 1.54. The van der Waals surface area contributed by atoms with Gasteiger partial charge in [0.05, 0.1) is 6.61 Å². The van der Waals surface area contributed by atoms with Crippen LogP contribution in [-0.4, -0.2) is 43.9 Å². The maximum absolute atomic E-state index is 11.5. The minimum atomic E-state index is -0.280. The van der Waals surface area contributed by atoms with Gasteiger partial charge in [-0.3, -0.25) is 4.79 Å². The monoisotopic (exact) mass is 267 g/mol. The molecule has 0 fully saturated rings. The van der Waals surface area contributed by atoms with Crippen molar-refractivity contribution in [2.75, 3.05) is 6.61 Å². The van der Waals surface area contributed by atoms with E-state index in [9.17, 15) is 4.79 Å². The van der Waals surface area contributed by atoms with Crippen LogP contribution in [0.2, 0.25) is 0 Å². The molecule has 7 nitrogen and oxygen atoms in total. The maximum Gasteiger partial charge on any atom is 0.243 e. The van der Waals surface area contributed by atoms with E-state index in [1.807, 2.05) is 16.8 Å². The van der Waals surface area contributed by atoms with Crippen LogP contribution in [0.1, 0.15) is 6.92 Å². The molecule has 18 heavy (non-hydrogen) atoms. The number of nitrogens with zero attached hydrogens (tertiary/aromatic N) is 4. The molecule has 0 saturated heterocycles. The molecule has 0 aliphatic rings. The predicted molar refractivity (Wildman–Crippen MR) is 65.8 cm³/mol. The number of nitrogens with one attached hydrogen (secondary N) is 1. The summed E-state index contributed by atoms with van der Waals surface area (Å²) in [6, 6.07) is 1.61. The van der Waals surface area contributed by atoms with Gasteiger partial charge in [-0.05, 0) is 23.6 Å². The van der Waals surface area contributed by atoms with E-state index in [0.29, 0.717) is 5.82 Å². The first-order valence-corrected chi connectivity index (χ1v) is 6.34. The molecule has 2 rings (SSSR count). The Balaban J connectivity index is 1.97. The van der Waals surface area contributed by atoms with Gasteiger partial charge in [-0.25, -0.2) is 0 Å². The highest BCUT2D eigenvalue weighted by molar-refractivity contribution is 7.08. The highest BCUT2D eigenvalue weighted by Crippen LogP contribution is 2.16. The Morgan fingerprint density at radius 3 is 3.17 bits per heavy atom. The maximum atomic E-state index is 11.5. The SMILES string of the molecule is C[C@@H](CO)NC(=O)Cn1nnc(-c2ccsc2)n1. The minimum absolute atomic E-state index is 0.0124. The Morgan fingerprint density at radius 1 is 1.67 bits per heavy atom. The molecule has 2 heterocycles. The van der Waals surface area contributed by atoms with Crippen LogP contribution in [0.25, 0.3) is 11.4 Å². The molecule has 96 valence electrons. The van der Waals surface area contributed by atoms with Gasteiger partial charge >= 0.3 is 0 Å². The van der Waals surface area contributed by atoms with E-state index in [1.54, 1.807) is 18.3 Å². The van der Waals surface area contributed by atoms with Gasteiger partial charge in [-0.1, -0.05) is 0 Å². The lowest BCUT2D eigenvalue weighted by atomic mass is 10.3. The van der Waals surface area contributed by atoms with E-state index in [4.69, 9.17) is 5.11 Å². The van der Waals surface area contributed by atoms with E-state index < -0.39 is 0 Å². The van der Waals surface area contributed by atoms with Gasteiger partial charge in [0.1, 0.15) is 6.54 Å². The lowest BCUT2D eigenvalue weighted by Gasteiger charge is -2.09. The third-order valence-electron chi connectivity index (χ3n) is 2.20. The molecule has 2 aromatic heterocycles. The fraction of sp³-hybridized carbons (Fsp3) is 0.400. The van der Waals surface area contributed by atoms with Crippen LogP contribution < -0.4 is 5.32 Å². The number of amides is 1. The number of carbonyl (C=O) groups is 1. The van der Waals surface area contributed by atoms with Crippen molar-refractivity contribution < 1.29 is 9.90 Å². The summed E-state index contributed by atoms with van der Waals surface area (Å²) in [7, 11) is 0. The van der Waals surface area contributed by atoms with Crippen LogP contribution in [0.3, 0.4) is 0 Å². The summed E-state index contributed by atoms with van der Waals surface area (Å²) in [6.45, 7) is 1.60. The van der Waals surface area contributed by atoms with Crippen LogP contribution in [0.5, 0.6) is 0 Å². The molecule has 1 amide bonds. The number of carbonyl (C=O) groups excluding carboxylic acids is 1. The van der Waals surface area contributed by atoms with Gasteiger partial charge in [0.2, 0.25) is 11.7 Å². The van der Waals surface area contributed by atoms with E-state index in [1.165, 1.54) is 4.80 Å². The van der Waals surface area contributed by atoms with Gasteiger partial charge in [-0.2, -0.15) is 16.1 Å². The van der Waals surface area contributed by atoms with Crippen molar-refractivity contribution in [1.82, 2.24) is 25.5 Å². The first kappa shape index (κ1) is 12.7. The van der Waals surface area contributed by atoms with Crippen LogP contribution in [0.15, 0.2) is 16.8 Å². The highest BCUT2D eigenvalue weighted by Gasteiger charge is 2.11. The molecule has 8 heteroatoms. The first-order chi connectivity index (χ1) is 8.69. The summed E-state index contributed by atoms with van der Waals surface area (Å²) in [4.78, 5) is 12.8. The topological polar surface area (TPSA) is 92.9 Å². The molecule has 2 N–H and O–H groups in total. The van der Waals surface area contributed by atoms with Gasteiger partial charge in [0.15, 0.2) is 0 Å². The number of thiophene rings is 1. The normalized spacial score (nSPS) is 12.3. The number of hydrogen-bond acceptors (Lipinski definition) is 6. The van der Waals surface area contributed by atoms with E-state index in [-0.39, 0.29) is 25.1 Å². The van der Waals surface area contributed by atoms with Crippen LogP contribution in [-0.2, 0) is 11.3 Å². The van der Waals surface area contributed by atoms with Crippen molar-refractivity contribution in [3.63, 3.8) is 0 Å². The summed E-state index contributed by atoms with van der Waals surface area (Å²) < 4.78 is 0. The van der Waals surface area contributed by atoms with Crippen molar-refractivity contribution >= 4 is 17.2 Å². The molecule has 0 saturated carbocycles. The molecule has 0 unspecified atom stereocenters. The average Bonchev–Trinajstić information content (AvgIpc) is 2.98. The number of rotatable bonds is 5. The third-order valence-corrected chi connectivity index (χ3v) is 2.88. The van der Waals surface area contributed by atoms with E-state index in [0.717, 1.165) is 5.56 Å². The zero-order valence-corrected chi connectivity index (χ0v) is 10.6. The number of hydrogen-bond donors (Lipinski definition) is 2. The van der Waals surface area contributed by atoms with Crippen molar-refractivity contribution in [2.45, 2.75) is 19.5 Å². The van der Waals surface area contributed by atoms with Gasteiger partial charge in [-0.15, -0.1) is 10.2 Å². The van der Waals surface area contributed by atoms with Crippen molar-refractivity contribution in [2.24, 2.45) is 0 Å². The number of aliphatic hydroxyl groups is 1. The molecule has 1 atom stereocenters. The molecule has 0 bridgehead atoms. The van der Waals surface area contributed by atoms with Crippen LogP contribution in [0, 0.1) is 0 Å². The van der Waals surface area contributed by atoms with Crippen LogP contribution in [0.4, 0.5) is 0 Å².